The highest BCUT2D eigenvalue weighted by molar-refractivity contribution is 6.30. The summed E-state index contributed by atoms with van der Waals surface area (Å²) in [5.74, 6) is -4.81. The van der Waals surface area contributed by atoms with Crippen LogP contribution < -0.4 is 0 Å². The number of benzene rings is 2. The quantitative estimate of drug-likeness (QED) is 0.237. The third-order valence-corrected chi connectivity index (χ3v) is 4.95. The lowest BCUT2D eigenvalue weighted by Crippen LogP contribution is -2.42. The molecule has 166 valence electrons. The lowest BCUT2D eigenvalue weighted by Gasteiger charge is -2.26. The van der Waals surface area contributed by atoms with Crippen molar-refractivity contribution >= 4 is 33.4 Å². The van der Waals surface area contributed by atoms with Gasteiger partial charge >= 0.3 is 12.4 Å². The normalized spacial score (nSPS) is 13.2. The summed E-state index contributed by atoms with van der Waals surface area (Å²) >= 11 is 5.80. The molecular formula is C20H10ClF6N3O2. The number of aliphatic hydroxyl groups is 2. The van der Waals surface area contributed by atoms with Crippen molar-refractivity contribution in [1.29, 1.82) is 0 Å². The van der Waals surface area contributed by atoms with Gasteiger partial charge in [-0.2, -0.15) is 26.3 Å². The molecule has 0 aliphatic carbocycles. The van der Waals surface area contributed by atoms with Crippen LogP contribution in [0.5, 0.6) is 0 Å². The van der Waals surface area contributed by atoms with Crippen LogP contribution in [0.1, 0.15) is 11.3 Å². The first kappa shape index (κ1) is 22.2. The average molecular weight is 474 g/mol. The van der Waals surface area contributed by atoms with Crippen LogP contribution in [-0.2, 0) is 12.0 Å². The molecule has 2 heterocycles. The van der Waals surface area contributed by atoms with E-state index in [0.717, 1.165) is 12.3 Å². The molecule has 12 heteroatoms. The second kappa shape index (κ2) is 7.26. The summed E-state index contributed by atoms with van der Waals surface area (Å²) in [6.07, 6.45) is -9.58. The summed E-state index contributed by atoms with van der Waals surface area (Å²) in [6, 6.07) is 8.23. The first-order valence-electron chi connectivity index (χ1n) is 8.75. The van der Waals surface area contributed by atoms with Crippen LogP contribution in [0.2, 0.25) is 5.02 Å². The van der Waals surface area contributed by atoms with Crippen molar-refractivity contribution < 1.29 is 36.6 Å². The van der Waals surface area contributed by atoms with Gasteiger partial charge in [0, 0.05) is 33.1 Å². The summed E-state index contributed by atoms with van der Waals surface area (Å²) in [5.41, 5.74) is -3.41. The summed E-state index contributed by atoms with van der Waals surface area (Å²) in [4.78, 5) is 11.5. The van der Waals surface area contributed by atoms with Gasteiger partial charge in [-0.05, 0) is 36.4 Å². The third-order valence-electron chi connectivity index (χ3n) is 4.70. The van der Waals surface area contributed by atoms with Crippen LogP contribution >= 0.6 is 11.6 Å². The molecule has 32 heavy (non-hydrogen) atoms. The van der Waals surface area contributed by atoms with Gasteiger partial charge < -0.3 is 10.2 Å². The van der Waals surface area contributed by atoms with Crippen LogP contribution in [0.15, 0.2) is 48.7 Å². The topological polar surface area (TPSA) is 79.1 Å². The molecule has 5 nitrogen and oxygen atoms in total. The van der Waals surface area contributed by atoms with Crippen molar-refractivity contribution in [1.82, 2.24) is 15.0 Å². The number of fused-ring (bicyclic) bond motifs is 3. The van der Waals surface area contributed by atoms with Crippen LogP contribution in [0, 0.1) is 0 Å². The third kappa shape index (κ3) is 3.61. The highest BCUT2D eigenvalue weighted by Crippen LogP contribution is 2.43. The first-order chi connectivity index (χ1) is 14.8. The highest BCUT2D eigenvalue weighted by atomic mass is 35.5. The van der Waals surface area contributed by atoms with Gasteiger partial charge in [0.25, 0.3) is 5.79 Å². The number of hydrogen-bond donors (Lipinski definition) is 2. The maximum absolute atomic E-state index is 13.9. The fourth-order valence-electron chi connectivity index (χ4n) is 3.21. The van der Waals surface area contributed by atoms with Crippen molar-refractivity contribution in [2.24, 2.45) is 0 Å². The highest BCUT2D eigenvalue weighted by Gasteiger charge is 2.55. The van der Waals surface area contributed by atoms with E-state index in [2.05, 4.69) is 15.0 Å². The molecule has 2 aromatic carbocycles. The molecule has 0 fully saturated rings. The number of hydrogen-bond acceptors (Lipinski definition) is 5. The standard InChI is InChI=1S/C20H10ClF6N3O2/c21-10-5-3-9(4-6-10)17-29-15-12(16(30-17)19(22,23)24)8-13(18(31,32)20(25,26)27)11-2-1-7-28-14(11)15/h1-8,31-32H. The van der Waals surface area contributed by atoms with Gasteiger partial charge in [0.1, 0.15) is 5.52 Å². The van der Waals surface area contributed by atoms with E-state index in [1.165, 1.54) is 30.3 Å². The van der Waals surface area contributed by atoms with Gasteiger partial charge in [-0.25, -0.2) is 9.97 Å². The largest absolute Gasteiger partial charge is 0.447 e. The summed E-state index contributed by atoms with van der Waals surface area (Å²) in [7, 11) is 0. The molecule has 2 N–H and O–H groups in total. The summed E-state index contributed by atoms with van der Waals surface area (Å²) < 4.78 is 81.5. The molecule has 0 radical (unpaired) electrons. The van der Waals surface area contributed by atoms with Gasteiger partial charge in [0.15, 0.2) is 11.5 Å². The van der Waals surface area contributed by atoms with E-state index in [-0.39, 0.29) is 16.9 Å². The van der Waals surface area contributed by atoms with Gasteiger partial charge in [0.05, 0.1) is 5.52 Å². The van der Waals surface area contributed by atoms with Crippen LogP contribution in [0.25, 0.3) is 33.2 Å². The molecule has 0 atom stereocenters. The Balaban J connectivity index is 2.17. The van der Waals surface area contributed by atoms with Crippen molar-refractivity contribution in [3.8, 4) is 11.4 Å². The molecule has 4 aromatic rings. The Morgan fingerprint density at radius 3 is 2.06 bits per heavy atom. The number of nitrogens with zero attached hydrogens (tertiary/aromatic N) is 3. The van der Waals surface area contributed by atoms with E-state index in [0.29, 0.717) is 11.1 Å². The Kier molecular flexibility index (Phi) is 5.03. The van der Waals surface area contributed by atoms with Crippen molar-refractivity contribution in [3.63, 3.8) is 0 Å². The molecule has 0 unspecified atom stereocenters. The van der Waals surface area contributed by atoms with E-state index in [1.807, 2.05) is 0 Å². The minimum absolute atomic E-state index is 0.170. The van der Waals surface area contributed by atoms with Crippen molar-refractivity contribution in [2.45, 2.75) is 18.1 Å². The van der Waals surface area contributed by atoms with E-state index < -0.39 is 45.7 Å². The number of halogens is 7. The minimum atomic E-state index is -5.61. The average Bonchev–Trinajstić information content (AvgIpc) is 2.71. The zero-order chi connectivity index (χ0) is 23.5. The van der Waals surface area contributed by atoms with Crippen LogP contribution in [0.3, 0.4) is 0 Å². The molecule has 0 saturated heterocycles. The number of rotatable bonds is 2. The minimum Gasteiger partial charge on any atom is -0.355 e. The fraction of sp³-hybridized carbons (Fsp3) is 0.150. The molecule has 0 aliphatic rings. The smallest absolute Gasteiger partial charge is 0.355 e. The molecule has 0 saturated carbocycles. The maximum atomic E-state index is 13.9. The molecule has 4 rings (SSSR count). The predicted molar refractivity (Wildman–Crippen MR) is 102 cm³/mol. The van der Waals surface area contributed by atoms with Gasteiger partial charge in [-0.1, -0.05) is 17.7 Å². The molecule has 0 amide bonds. The zero-order valence-corrected chi connectivity index (χ0v) is 16.3. The van der Waals surface area contributed by atoms with E-state index in [4.69, 9.17) is 11.6 Å². The van der Waals surface area contributed by atoms with E-state index in [1.54, 1.807) is 0 Å². The monoisotopic (exact) mass is 473 g/mol. The van der Waals surface area contributed by atoms with Gasteiger partial charge in [0.2, 0.25) is 0 Å². The Morgan fingerprint density at radius 1 is 0.812 bits per heavy atom. The Bertz CT molecular complexity index is 1340. The number of pyridine rings is 1. The van der Waals surface area contributed by atoms with Crippen molar-refractivity contribution in [3.05, 3.63) is 64.9 Å². The Hall–Kier alpha value is -3.02. The maximum Gasteiger partial charge on any atom is 0.447 e. The molecule has 0 spiro atoms. The lowest BCUT2D eigenvalue weighted by atomic mass is 9.96. The fourth-order valence-corrected chi connectivity index (χ4v) is 3.33. The SMILES string of the molecule is OC(O)(c1cc2c(C(F)(F)F)nc(-c3ccc(Cl)cc3)nc2c2ncccc12)C(F)(F)F. The van der Waals surface area contributed by atoms with Crippen molar-refractivity contribution in [2.75, 3.05) is 0 Å². The number of aromatic nitrogens is 3. The van der Waals surface area contributed by atoms with Crippen LogP contribution in [0.4, 0.5) is 26.3 Å². The van der Waals surface area contributed by atoms with E-state index >= 15 is 0 Å². The Labute approximate surface area is 179 Å². The lowest BCUT2D eigenvalue weighted by molar-refractivity contribution is -0.357. The molecule has 0 bridgehead atoms. The molecule has 0 aliphatic heterocycles. The second-order valence-corrected chi connectivity index (χ2v) is 7.23. The van der Waals surface area contributed by atoms with Crippen LogP contribution in [-0.4, -0.2) is 31.3 Å². The molecular weight excluding hydrogens is 464 g/mol. The second-order valence-electron chi connectivity index (χ2n) is 6.79. The summed E-state index contributed by atoms with van der Waals surface area (Å²) in [5, 5.41) is 18.6. The Morgan fingerprint density at radius 2 is 1.47 bits per heavy atom. The number of alkyl halides is 6. The summed E-state index contributed by atoms with van der Waals surface area (Å²) in [6.45, 7) is 0. The predicted octanol–water partition coefficient (Wildman–Crippen LogP) is 5.22. The van der Waals surface area contributed by atoms with E-state index in [9.17, 15) is 36.6 Å². The first-order valence-corrected chi connectivity index (χ1v) is 9.13. The molecule has 2 aromatic heterocycles. The van der Waals surface area contributed by atoms with Gasteiger partial charge in [-0.3, -0.25) is 4.98 Å². The van der Waals surface area contributed by atoms with Gasteiger partial charge in [-0.15, -0.1) is 0 Å². The zero-order valence-electron chi connectivity index (χ0n) is 15.5.